The van der Waals surface area contributed by atoms with E-state index in [-0.39, 0.29) is 11.9 Å². The molecular formula is C26H29N5O3. The summed E-state index contributed by atoms with van der Waals surface area (Å²) >= 11 is 0. The van der Waals surface area contributed by atoms with Crippen LogP contribution in [-0.2, 0) is 17.8 Å². The molecule has 0 saturated carbocycles. The number of aliphatic hydroxyl groups excluding tert-OH is 1. The fourth-order valence-corrected chi connectivity index (χ4v) is 5.08. The van der Waals surface area contributed by atoms with Crippen molar-refractivity contribution in [1.82, 2.24) is 19.0 Å². The molecule has 2 aromatic carbocycles. The third-order valence-electron chi connectivity index (χ3n) is 6.81. The number of rotatable bonds is 7. The number of carbonyl (C=O) groups excluding carboxylic acids is 2. The maximum absolute atomic E-state index is 12.9. The molecule has 8 nitrogen and oxygen atoms in total. The molecule has 34 heavy (non-hydrogen) atoms. The van der Waals surface area contributed by atoms with Crippen molar-refractivity contribution < 1.29 is 14.7 Å². The average molecular weight is 460 g/mol. The van der Waals surface area contributed by atoms with E-state index in [9.17, 15) is 14.7 Å². The topological polar surface area (TPSA) is 106 Å². The van der Waals surface area contributed by atoms with E-state index in [4.69, 9.17) is 10.7 Å². The summed E-state index contributed by atoms with van der Waals surface area (Å²) in [7, 11) is 0. The smallest absolute Gasteiger partial charge is 0.248 e. The second-order valence-electron chi connectivity index (χ2n) is 8.91. The number of para-hydroxylation sites is 2. The second-order valence-corrected chi connectivity index (χ2v) is 8.91. The summed E-state index contributed by atoms with van der Waals surface area (Å²) in [6, 6.07) is 15.0. The average Bonchev–Trinajstić information content (AvgIpc) is 3.52. The molecule has 0 aliphatic carbocycles. The Bertz CT molecular complexity index is 1370. The van der Waals surface area contributed by atoms with Crippen LogP contribution in [-0.4, -0.2) is 55.1 Å². The summed E-state index contributed by atoms with van der Waals surface area (Å²) in [4.78, 5) is 30.9. The molecule has 3 N–H and O–H groups in total. The van der Waals surface area contributed by atoms with Crippen LogP contribution in [0.2, 0.25) is 0 Å². The minimum Gasteiger partial charge on any atom is -0.389 e. The van der Waals surface area contributed by atoms with Crippen LogP contribution in [0, 0.1) is 0 Å². The van der Waals surface area contributed by atoms with Crippen LogP contribution in [0.4, 0.5) is 0 Å². The number of nitrogens with zero attached hydrogens (tertiary/aromatic N) is 4. The number of amides is 2. The minimum absolute atomic E-state index is 0.0492. The fourth-order valence-electron chi connectivity index (χ4n) is 5.08. The summed E-state index contributed by atoms with van der Waals surface area (Å²) in [6.07, 6.45) is 3.10. The number of β-amino-alcohol motifs (C(OH)–C–C–N with tert-alkyl or cyclic N) is 1. The first kappa shape index (κ1) is 22.2. The molecular weight excluding hydrogens is 430 g/mol. The van der Waals surface area contributed by atoms with E-state index in [0.29, 0.717) is 31.5 Å². The molecule has 0 spiro atoms. The molecule has 0 unspecified atom stereocenters. The maximum Gasteiger partial charge on any atom is 0.248 e. The number of fused-ring (bicyclic) bond motifs is 2. The highest BCUT2D eigenvalue weighted by molar-refractivity contribution is 5.97. The Hall–Kier alpha value is -3.65. The predicted octanol–water partition coefficient (Wildman–Crippen LogP) is 2.88. The number of hydrogen-bond acceptors (Lipinski definition) is 4. The van der Waals surface area contributed by atoms with Gasteiger partial charge in [-0.2, -0.15) is 0 Å². The normalized spacial score (nSPS) is 18.2. The summed E-state index contributed by atoms with van der Waals surface area (Å²) in [5.74, 6) is 0.583. The Morgan fingerprint density at radius 3 is 2.74 bits per heavy atom. The standard InChI is InChI=1S/C26H29N5O3/c1-2-30-21-7-4-3-6-19(21)28-24(30)8-5-9-25(33)29-15-22(23(32)16-29)31-13-12-17-14-18(26(27)34)10-11-20(17)31/h3-4,6-7,10-14,22-23,32H,2,5,8-9,15-16H2,1H3,(H2,27,34)/t22-,23-/m1/s1. The van der Waals surface area contributed by atoms with Gasteiger partial charge < -0.3 is 24.9 Å². The number of benzene rings is 2. The van der Waals surface area contributed by atoms with Crippen molar-refractivity contribution in [1.29, 1.82) is 0 Å². The molecule has 1 aliphatic heterocycles. The van der Waals surface area contributed by atoms with Crippen molar-refractivity contribution in [3.05, 3.63) is 66.1 Å². The molecule has 1 saturated heterocycles. The Labute approximate surface area is 197 Å². The fraction of sp³-hybridized carbons (Fsp3) is 0.346. The highest BCUT2D eigenvalue weighted by Crippen LogP contribution is 2.29. The van der Waals surface area contributed by atoms with E-state index in [1.165, 1.54) is 0 Å². The molecule has 5 rings (SSSR count). The number of aryl methyl sites for hydroxylation is 2. The quantitative estimate of drug-likeness (QED) is 0.443. The zero-order valence-corrected chi connectivity index (χ0v) is 19.2. The van der Waals surface area contributed by atoms with Crippen LogP contribution < -0.4 is 5.73 Å². The highest BCUT2D eigenvalue weighted by atomic mass is 16.3. The first-order valence-electron chi connectivity index (χ1n) is 11.8. The predicted molar refractivity (Wildman–Crippen MR) is 130 cm³/mol. The van der Waals surface area contributed by atoms with Gasteiger partial charge in [0.2, 0.25) is 11.8 Å². The number of hydrogen-bond donors (Lipinski definition) is 2. The summed E-state index contributed by atoms with van der Waals surface area (Å²) < 4.78 is 4.19. The van der Waals surface area contributed by atoms with Gasteiger partial charge in [-0.3, -0.25) is 9.59 Å². The van der Waals surface area contributed by atoms with Gasteiger partial charge in [0.05, 0.1) is 23.2 Å². The first-order valence-corrected chi connectivity index (χ1v) is 11.8. The molecule has 2 atom stereocenters. The molecule has 1 fully saturated rings. The zero-order chi connectivity index (χ0) is 23.8. The molecule has 0 radical (unpaired) electrons. The van der Waals surface area contributed by atoms with Crippen LogP contribution in [0.15, 0.2) is 54.7 Å². The van der Waals surface area contributed by atoms with Gasteiger partial charge in [0, 0.05) is 55.1 Å². The van der Waals surface area contributed by atoms with Crippen LogP contribution in [0.1, 0.15) is 42.0 Å². The van der Waals surface area contributed by atoms with Crippen molar-refractivity contribution in [2.75, 3.05) is 13.1 Å². The van der Waals surface area contributed by atoms with Gasteiger partial charge in [-0.15, -0.1) is 0 Å². The lowest BCUT2D eigenvalue weighted by Gasteiger charge is -2.18. The number of carbonyl (C=O) groups is 2. The van der Waals surface area contributed by atoms with Crippen LogP contribution in [0.3, 0.4) is 0 Å². The Kier molecular flexibility index (Phi) is 5.83. The van der Waals surface area contributed by atoms with Crippen molar-refractivity contribution in [2.24, 2.45) is 5.73 Å². The van der Waals surface area contributed by atoms with E-state index in [2.05, 4.69) is 17.6 Å². The third-order valence-corrected chi connectivity index (χ3v) is 6.81. The molecule has 1 aliphatic rings. The zero-order valence-electron chi connectivity index (χ0n) is 19.2. The van der Waals surface area contributed by atoms with Gasteiger partial charge in [-0.1, -0.05) is 12.1 Å². The summed E-state index contributed by atoms with van der Waals surface area (Å²) in [6.45, 7) is 3.72. The lowest BCUT2D eigenvalue weighted by Crippen LogP contribution is -2.29. The van der Waals surface area contributed by atoms with Gasteiger partial charge in [0.1, 0.15) is 5.82 Å². The number of aromatic nitrogens is 3. The van der Waals surface area contributed by atoms with Crippen LogP contribution >= 0.6 is 0 Å². The third kappa shape index (κ3) is 3.94. The van der Waals surface area contributed by atoms with Crippen molar-refractivity contribution >= 4 is 33.8 Å². The van der Waals surface area contributed by atoms with Gasteiger partial charge in [0.25, 0.3) is 0 Å². The molecule has 8 heteroatoms. The van der Waals surface area contributed by atoms with Crippen LogP contribution in [0.25, 0.3) is 21.9 Å². The number of primary amides is 1. The van der Waals surface area contributed by atoms with E-state index < -0.39 is 12.0 Å². The SMILES string of the molecule is CCn1c(CCCC(=O)N2C[C@@H](O)[C@H](n3ccc4cc(C(N)=O)ccc43)C2)nc2ccccc21. The first-order chi connectivity index (χ1) is 16.5. The van der Waals surface area contributed by atoms with E-state index in [0.717, 1.165) is 40.7 Å². The van der Waals surface area contributed by atoms with Gasteiger partial charge in [0.15, 0.2) is 0 Å². The molecule has 4 aromatic rings. The molecule has 3 heterocycles. The highest BCUT2D eigenvalue weighted by Gasteiger charge is 2.35. The molecule has 176 valence electrons. The molecule has 0 bridgehead atoms. The molecule has 2 aromatic heterocycles. The second kappa shape index (κ2) is 8.95. The van der Waals surface area contributed by atoms with Crippen molar-refractivity contribution in [3.8, 4) is 0 Å². The van der Waals surface area contributed by atoms with E-state index in [1.54, 1.807) is 17.0 Å². The molecule has 2 amide bonds. The lowest BCUT2D eigenvalue weighted by atomic mass is 10.1. The monoisotopic (exact) mass is 459 g/mol. The Balaban J connectivity index is 1.23. The summed E-state index contributed by atoms with van der Waals surface area (Å²) in [5, 5.41) is 11.6. The van der Waals surface area contributed by atoms with Gasteiger partial charge in [-0.05, 0) is 49.7 Å². The number of likely N-dealkylation sites (tertiary alicyclic amines) is 1. The van der Waals surface area contributed by atoms with E-state index in [1.807, 2.05) is 41.1 Å². The number of nitrogens with two attached hydrogens (primary N) is 1. The van der Waals surface area contributed by atoms with Crippen molar-refractivity contribution in [2.45, 2.75) is 44.9 Å². The maximum atomic E-state index is 12.9. The van der Waals surface area contributed by atoms with E-state index >= 15 is 0 Å². The summed E-state index contributed by atoms with van der Waals surface area (Å²) in [5.41, 5.74) is 8.85. The van der Waals surface area contributed by atoms with Crippen LogP contribution in [0.5, 0.6) is 0 Å². The Morgan fingerprint density at radius 1 is 1.12 bits per heavy atom. The lowest BCUT2D eigenvalue weighted by molar-refractivity contribution is -0.130. The largest absolute Gasteiger partial charge is 0.389 e. The van der Waals surface area contributed by atoms with Gasteiger partial charge in [-0.25, -0.2) is 4.98 Å². The minimum atomic E-state index is -0.653. The van der Waals surface area contributed by atoms with Crippen molar-refractivity contribution in [3.63, 3.8) is 0 Å². The number of imidazole rings is 1. The number of aliphatic hydroxyl groups is 1. The Morgan fingerprint density at radius 2 is 1.94 bits per heavy atom. The van der Waals surface area contributed by atoms with Gasteiger partial charge >= 0.3 is 0 Å².